The predicted octanol–water partition coefficient (Wildman–Crippen LogP) is 2.40. The summed E-state index contributed by atoms with van der Waals surface area (Å²) in [4.78, 5) is 23.1. The maximum atomic E-state index is 12.5. The van der Waals surface area contributed by atoms with Crippen LogP contribution in [0.3, 0.4) is 0 Å². The summed E-state index contributed by atoms with van der Waals surface area (Å²) in [6, 6.07) is 3.88. The molecule has 0 radical (unpaired) electrons. The summed E-state index contributed by atoms with van der Waals surface area (Å²) in [5, 5.41) is 11.0. The van der Waals surface area contributed by atoms with Crippen LogP contribution in [0, 0.1) is 18.3 Å². The van der Waals surface area contributed by atoms with Crippen molar-refractivity contribution in [2.75, 3.05) is 13.1 Å². The number of amides is 1. The second kappa shape index (κ2) is 6.75. The van der Waals surface area contributed by atoms with Gasteiger partial charge in [0.25, 0.3) is 11.8 Å². The number of hydrogen-bond donors (Lipinski definition) is 0. The molecular weight excluding hydrogens is 312 g/mol. The van der Waals surface area contributed by atoms with Crippen molar-refractivity contribution >= 4 is 17.2 Å². The van der Waals surface area contributed by atoms with Crippen molar-refractivity contribution in [2.24, 2.45) is 0 Å². The molecule has 0 bridgehead atoms. The number of carbonyl (C=O) groups is 1. The molecule has 118 valence electrons. The van der Waals surface area contributed by atoms with Crippen LogP contribution in [-0.4, -0.2) is 40.0 Å². The van der Waals surface area contributed by atoms with Gasteiger partial charge in [-0.15, -0.1) is 11.3 Å². The number of hydrogen-bond acceptors (Lipinski definition) is 6. The lowest BCUT2D eigenvalue weighted by Crippen LogP contribution is -2.44. The molecule has 7 heteroatoms. The third kappa shape index (κ3) is 3.48. The highest BCUT2D eigenvalue weighted by Gasteiger charge is 2.27. The third-order valence-electron chi connectivity index (χ3n) is 3.66. The average molecular weight is 328 g/mol. The van der Waals surface area contributed by atoms with E-state index in [1.54, 1.807) is 0 Å². The molecule has 3 rings (SSSR count). The Labute approximate surface area is 138 Å². The van der Waals surface area contributed by atoms with Crippen molar-refractivity contribution in [3.05, 3.63) is 40.0 Å². The second-order valence-electron chi connectivity index (χ2n) is 5.44. The largest absolute Gasteiger partial charge is 0.470 e. The zero-order valence-electron chi connectivity index (χ0n) is 12.7. The van der Waals surface area contributed by atoms with Gasteiger partial charge in [0.1, 0.15) is 12.2 Å². The van der Waals surface area contributed by atoms with Gasteiger partial charge in [-0.2, -0.15) is 5.26 Å². The summed E-state index contributed by atoms with van der Waals surface area (Å²) in [5.74, 6) is 0.275. The van der Waals surface area contributed by atoms with E-state index in [4.69, 9.17) is 10.00 Å². The van der Waals surface area contributed by atoms with Gasteiger partial charge in [-0.05, 0) is 36.8 Å². The highest BCUT2D eigenvalue weighted by molar-refractivity contribution is 7.12. The van der Waals surface area contributed by atoms with Crippen LogP contribution in [0.15, 0.2) is 23.8 Å². The fraction of sp³-hybridized carbons (Fsp3) is 0.375. The minimum atomic E-state index is -0.169. The third-order valence-corrected chi connectivity index (χ3v) is 4.69. The summed E-state index contributed by atoms with van der Waals surface area (Å²) in [6.45, 7) is 3.20. The molecule has 1 saturated heterocycles. The van der Waals surface area contributed by atoms with Crippen molar-refractivity contribution in [1.82, 2.24) is 14.9 Å². The molecule has 1 aliphatic heterocycles. The van der Waals surface area contributed by atoms with Crippen molar-refractivity contribution in [1.29, 1.82) is 5.26 Å². The topological polar surface area (TPSA) is 79.1 Å². The Morgan fingerprint density at radius 1 is 1.48 bits per heavy atom. The molecule has 3 heterocycles. The summed E-state index contributed by atoms with van der Waals surface area (Å²) < 4.78 is 5.81. The van der Waals surface area contributed by atoms with Crippen molar-refractivity contribution in [3.63, 3.8) is 0 Å². The first kappa shape index (κ1) is 15.4. The number of aromatic nitrogens is 2. The van der Waals surface area contributed by atoms with Gasteiger partial charge in [-0.1, -0.05) is 0 Å². The molecule has 0 aromatic carbocycles. The van der Waals surface area contributed by atoms with Crippen molar-refractivity contribution < 1.29 is 9.53 Å². The van der Waals surface area contributed by atoms with E-state index >= 15 is 0 Å². The molecule has 1 amide bonds. The van der Waals surface area contributed by atoms with E-state index in [1.165, 1.54) is 23.7 Å². The Morgan fingerprint density at radius 3 is 3.04 bits per heavy atom. The first-order chi connectivity index (χ1) is 11.2. The highest BCUT2D eigenvalue weighted by Crippen LogP contribution is 2.22. The molecule has 6 nitrogen and oxygen atoms in total. The number of nitriles is 1. The molecule has 2 aromatic rings. The van der Waals surface area contributed by atoms with Crippen LogP contribution in [-0.2, 0) is 0 Å². The van der Waals surface area contributed by atoms with Crippen LogP contribution in [0.4, 0.5) is 0 Å². The molecule has 23 heavy (non-hydrogen) atoms. The van der Waals surface area contributed by atoms with Crippen LogP contribution in [0.2, 0.25) is 0 Å². The monoisotopic (exact) mass is 328 g/mol. The first-order valence-electron chi connectivity index (χ1n) is 7.39. The molecule has 0 unspecified atom stereocenters. The normalized spacial score (nSPS) is 17.6. The summed E-state index contributed by atoms with van der Waals surface area (Å²) in [6.07, 6.45) is 4.48. The van der Waals surface area contributed by atoms with E-state index in [0.717, 1.165) is 29.8 Å². The maximum absolute atomic E-state index is 12.5. The van der Waals surface area contributed by atoms with Crippen molar-refractivity contribution in [2.45, 2.75) is 25.9 Å². The second-order valence-corrected chi connectivity index (χ2v) is 6.35. The van der Waals surface area contributed by atoms with E-state index in [2.05, 4.69) is 9.97 Å². The average Bonchev–Trinajstić information content (AvgIpc) is 3.01. The summed E-state index contributed by atoms with van der Waals surface area (Å²) in [5.41, 5.74) is 1.27. The Morgan fingerprint density at radius 2 is 2.30 bits per heavy atom. The molecule has 1 fully saturated rings. The Hall–Kier alpha value is -2.46. The number of nitrogens with zero attached hydrogens (tertiary/aromatic N) is 4. The number of rotatable bonds is 3. The van der Waals surface area contributed by atoms with Crippen LogP contribution < -0.4 is 4.74 Å². The van der Waals surface area contributed by atoms with Crippen LogP contribution in [0.5, 0.6) is 5.88 Å². The number of carbonyl (C=O) groups excluding carboxylic acids is 1. The van der Waals surface area contributed by atoms with Gasteiger partial charge in [-0.3, -0.25) is 4.79 Å². The minimum Gasteiger partial charge on any atom is -0.470 e. The minimum absolute atomic E-state index is 0.0380. The summed E-state index contributed by atoms with van der Waals surface area (Å²) in [7, 11) is 0. The molecule has 0 N–H and O–H groups in total. The van der Waals surface area contributed by atoms with Gasteiger partial charge in [0.15, 0.2) is 0 Å². The Kier molecular flexibility index (Phi) is 4.53. The van der Waals surface area contributed by atoms with Gasteiger partial charge < -0.3 is 9.64 Å². The molecule has 0 spiro atoms. The van der Waals surface area contributed by atoms with E-state index in [0.29, 0.717) is 6.54 Å². The molecule has 0 aliphatic carbocycles. The first-order valence-corrected chi connectivity index (χ1v) is 8.27. The van der Waals surface area contributed by atoms with Crippen LogP contribution in [0.1, 0.15) is 33.8 Å². The Bertz CT molecular complexity index is 753. The van der Waals surface area contributed by atoms with Crippen LogP contribution >= 0.6 is 11.3 Å². The lowest BCUT2D eigenvalue weighted by molar-refractivity contribution is 0.0530. The van der Waals surface area contributed by atoms with Crippen LogP contribution in [0.25, 0.3) is 0 Å². The molecular formula is C16H16N4O2S. The van der Waals surface area contributed by atoms with Gasteiger partial charge in [0.2, 0.25) is 5.69 Å². The lowest BCUT2D eigenvalue weighted by Gasteiger charge is -2.32. The summed E-state index contributed by atoms with van der Waals surface area (Å²) >= 11 is 1.47. The van der Waals surface area contributed by atoms with E-state index in [1.807, 2.05) is 29.3 Å². The highest BCUT2D eigenvalue weighted by atomic mass is 32.1. The zero-order valence-corrected chi connectivity index (χ0v) is 13.5. The van der Waals surface area contributed by atoms with Gasteiger partial charge >= 0.3 is 0 Å². The number of ether oxygens (including phenoxy) is 1. The van der Waals surface area contributed by atoms with E-state index in [-0.39, 0.29) is 23.6 Å². The smallest absolute Gasteiger partial charge is 0.264 e. The number of aryl methyl sites for hydroxylation is 1. The molecule has 1 aliphatic rings. The van der Waals surface area contributed by atoms with Gasteiger partial charge in [0.05, 0.1) is 11.4 Å². The molecule has 1 atom stereocenters. The SMILES string of the molecule is Cc1csc(C(=O)N2CCC[C@H](Oc3nccnc3C#N)C2)c1. The van der Waals surface area contributed by atoms with Gasteiger partial charge in [-0.25, -0.2) is 9.97 Å². The lowest BCUT2D eigenvalue weighted by atomic mass is 10.1. The maximum Gasteiger partial charge on any atom is 0.264 e. The fourth-order valence-corrected chi connectivity index (χ4v) is 3.43. The standard InChI is InChI=1S/C16H16N4O2S/c1-11-7-14(23-10-11)16(21)20-6-2-3-12(9-20)22-15-13(8-17)18-4-5-19-15/h4-5,7,10,12H,2-3,6,9H2,1H3/t12-/m0/s1. The Balaban J connectivity index is 1.69. The number of thiophene rings is 1. The quantitative estimate of drug-likeness (QED) is 0.864. The van der Waals surface area contributed by atoms with Gasteiger partial charge in [0, 0.05) is 18.9 Å². The molecule has 0 saturated carbocycles. The van der Waals surface area contributed by atoms with E-state index in [9.17, 15) is 4.79 Å². The predicted molar refractivity (Wildman–Crippen MR) is 85.4 cm³/mol. The van der Waals surface area contributed by atoms with Crippen molar-refractivity contribution in [3.8, 4) is 11.9 Å². The fourth-order valence-electron chi connectivity index (χ4n) is 2.56. The zero-order chi connectivity index (χ0) is 16.2. The number of piperidine rings is 1. The van der Waals surface area contributed by atoms with E-state index < -0.39 is 0 Å². The molecule has 2 aromatic heterocycles. The number of likely N-dealkylation sites (tertiary alicyclic amines) is 1.